The Bertz CT molecular complexity index is 785. The number of aliphatic hydroxyl groups is 2. The highest BCUT2D eigenvalue weighted by molar-refractivity contribution is 5.66. The van der Waals surface area contributed by atoms with Crippen LogP contribution in [0.2, 0.25) is 0 Å². The van der Waals surface area contributed by atoms with Crippen molar-refractivity contribution in [3.63, 3.8) is 0 Å². The number of aliphatic hydroxyl groups excluding tert-OH is 2. The number of aliphatic carboxylic acids is 1. The second-order valence-corrected chi connectivity index (χ2v) is 7.05. The van der Waals surface area contributed by atoms with Gasteiger partial charge in [-0.25, -0.2) is 0 Å². The fourth-order valence-electron chi connectivity index (χ4n) is 3.09. The average Bonchev–Trinajstić information content (AvgIpc) is 3.03. The first-order valence-corrected chi connectivity index (χ1v) is 9.56. The molecule has 8 heteroatoms. The highest BCUT2D eigenvalue weighted by Crippen LogP contribution is 2.32. The minimum Gasteiger partial charge on any atom is -0.491 e. The number of halogens is 3. The van der Waals surface area contributed by atoms with Crippen LogP contribution in [0.25, 0.3) is 0 Å². The standard InChI is InChI=1S/C22H25F3O5/c23-22(24,25)16-6-4-7-18(13-16)30-14-17(26)10-11-19-15(9-12-20(19)27)5-2-1-3-8-21(28)29/h1-2,4,6-7,9-13,15,17,19-20,26-27H,3,5,8,14H2,(H,28,29)/t15-,17?,19+,20+/m0/s1. The average molecular weight is 426 g/mol. The van der Waals surface area contributed by atoms with E-state index in [4.69, 9.17) is 9.84 Å². The highest BCUT2D eigenvalue weighted by atomic mass is 19.4. The zero-order valence-electron chi connectivity index (χ0n) is 16.2. The molecule has 0 fully saturated rings. The van der Waals surface area contributed by atoms with Crippen LogP contribution in [-0.4, -0.2) is 40.1 Å². The lowest BCUT2D eigenvalue weighted by molar-refractivity contribution is -0.138. The predicted molar refractivity (Wildman–Crippen MR) is 105 cm³/mol. The summed E-state index contributed by atoms with van der Waals surface area (Å²) in [4.78, 5) is 10.5. The van der Waals surface area contributed by atoms with E-state index in [-0.39, 0.29) is 30.6 Å². The number of hydrogen-bond acceptors (Lipinski definition) is 4. The lowest BCUT2D eigenvalue weighted by Crippen LogP contribution is -2.20. The first-order valence-electron chi connectivity index (χ1n) is 9.56. The van der Waals surface area contributed by atoms with E-state index < -0.39 is 29.9 Å². The van der Waals surface area contributed by atoms with Crippen molar-refractivity contribution >= 4 is 5.97 Å². The molecule has 0 bridgehead atoms. The SMILES string of the molecule is O=C(O)CCC=CC[C@H]1C=C[C@@H](O)[C@@H]1C=CC(O)COc1cccc(C(F)(F)F)c1. The smallest absolute Gasteiger partial charge is 0.416 e. The molecule has 1 aliphatic rings. The molecule has 5 nitrogen and oxygen atoms in total. The molecular formula is C22H25F3O5. The van der Waals surface area contributed by atoms with Crippen molar-refractivity contribution in [1.29, 1.82) is 0 Å². The van der Waals surface area contributed by atoms with E-state index in [0.717, 1.165) is 12.1 Å². The van der Waals surface area contributed by atoms with Crippen molar-refractivity contribution in [1.82, 2.24) is 0 Å². The predicted octanol–water partition coefficient (Wildman–Crippen LogP) is 3.98. The first-order chi connectivity index (χ1) is 14.2. The maximum atomic E-state index is 12.7. The second kappa shape index (κ2) is 11.0. The Balaban J connectivity index is 1.85. The molecule has 1 aromatic carbocycles. The lowest BCUT2D eigenvalue weighted by Gasteiger charge is -2.18. The summed E-state index contributed by atoms with van der Waals surface area (Å²) in [5.41, 5.74) is -0.829. The number of rotatable bonds is 10. The van der Waals surface area contributed by atoms with E-state index in [0.29, 0.717) is 12.8 Å². The normalized spacial score (nSPS) is 22.8. The van der Waals surface area contributed by atoms with E-state index in [9.17, 15) is 28.2 Å². The minimum absolute atomic E-state index is 0.00390. The van der Waals surface area contributed by atoms with Gasteiger partial charge in [-0.3, -0.25) is 4.79 Å². The van der Waals surface area contributed by atoms with Crippen molar-refractivity contribution < 1.29 is 38.0 Å². The molecule has 0 amide bonds. The summed E-state index contributed by atoms with van der Waals surface area (Å²) in [5, 5.41) is 28.8. The summed E-state index contributed by atoms with van der Waals surface area (Å²) in [7, 11) is 0. The minimum atomic E-state index is -4.47. The van der Waals surface area contributed by atoms with Crippen LogP contribution in [-0.2, 0) is 11.0 Å². The molecule has 4 atom stereocenters. The molecule has 0 radical (unpaired) electrons. The van der Waals surface area contributed by atoms with Crippen LogP contribution in [0.5, 0.6) is 5.75 Å². The third-order valence-corrected chi connectivity index (χ3v) is 4.68. The van der Waals surface area contributed by atoms with Gasteiger partial charge in [-0.15, -0.1) is 0 Å². The Morgan fingerprint density at radius 3 is 2.70 bits per heavy atom. The zero-order chi connectivity index (χ0) is 22.1. The van der Waals surface area contributed by atoms with Gasteiger partial charge in [-0.1, -0.05) is 42.5 Å². The van der Waals surface area contributed by atoms with Crippen molar-refractivity contribution in [2.45, 2.75) is 37.6 Å². The van der Waals surface area contributed by atoms with Gasteiger partial charge in [0.25, 0.3) is 0 Å². The van der Waals surface area contributed by atoms with Crippen molar-refractivity contribution in [3.8, 4) is 5.75 Å². The Hall–Kier alpha value is -2.58. The third-order valence-electron chi connectivity index (χ3n) is 4.68. The summed E-state index contributed by atoms with van der Waals surface area (Å²) in [6, 6.07) is 4.42. The Labute approximate surface area is 172 Å². The number of carbonyl (C=O) groups is 1. The van der Waals surface area contributed by atoms with E-state index >= 15 is 0 Å². The maximum absolute atomic E-state index is 12.7. The fraction of sp³-hybridized carbons (Fsp3) is 0.409. The summed E-state index contributed by atoms with van der Waals surface area (Å²) in [5.74, 6) is -1.13. The first kappa shape index (κ1) is 23.7. The van der Waals surface area contributed by atoms with Gasteiger partial charge in [0.2, 0.25) is 0 Å². The molecule has 0 heterocycles. The van der Waals surface area contributed by atoms with Gasteiger partial charge >= 0.3 is 12.1 Å². The van der Waals surface area contributed by atoms with Crippen LogP contribution in [0, 0.1) is 11.8 Å². The monoisotopic (exact) mass is 426 g/mol. The fourth-order valence-corrected chi connectivity index (χ4v) is 3.09. The Kier molecular flexibility index (Phi) is 8.68. The number of carboxylic acids is 1. The number of benzene rings is 1. The van der Waals surface area contributed by atoms with Crippen LogP contribution in [0.4, 0.5) is 13.2 Å². The second-order valence-electron chi connectivity index (χ2n) is 7.05. The van der Waals surface area contributed by atoms with Crippen LogP contribution >= 0.6 is 0 Å². The Morgan fingerprint density at radius 2 is 2.00 bits per heavy atom. The molecule has 164 valence electrons. The lowest BCUT2D eigenvalue weighted by atomic mass is 9.90. The van der Waals surface area contributed by atoms with Crippen molar-refractivity contribution in [2.75, 3.05) is 6.61 Å². The van der Waals surface area contributed by atoms with Gasteiger partial charge in [0.1, 0.15) is 18.5 Å². The molecule has 0 spiro atoms. The molecule has 3 N–H and O–H groups in total. The highest BCUT2D eigenvalue weighted by Gasteiger charge is 2.30. The number of hydrogen-bond donors (Lipinski definition) is 3. The van der Waals surface area contributed by atoms with Crippen LogP contribution in [0.15, 0.2) is 60.7 Å². The molecule has 30 heavy (non-hydrogen) atoms. The summed E-state index contributed by atoms with van der Waals surface area (Å²) >= 11 is 0. The topological polar surface area (TPSA) is 87.0 Å². The van der Waals surface area contributed by atoms with E-state index in [1.807, 2.05) is 12.2 Å². The molecule has 1 aromatic rings. The van der Waals surface area contributed by atoms with Gasteiger partial charge < -0.3 is 20.1 Å². The third kappa shape index (κ3) is 7.68. The number of alkyl halides is 3. The summed E-state index contributed by atoms with van der Waals surface area (Å²) in [6.45, 7) is -0.228. The van der Waals surface area contributed by atoms with Gasteiger partial charge in [-0.2, -0.15) is 13.2 Å². The number of carboxylic acid groups (broad SMARTS) is 1. The molecule has 0 aliphatic heterocycles. The van der Waals surface area contributed by atoms with Gasteiger partial charge in [0, 0.05) is 12.3 Å². The molecular weight excluding hydrogens is 401 g/mol. The van der Waals surface area contributed by atoms with Crippen molar-refractivity contribution in [2.24, 2.45) is 11.8 Å². The van der Waals surface area contributed by atoms with Gasteiger partial charge in [0.15, 0.2) is 0 Å². The maximum Gasteiger partial charge on any atom is 0.416 e. The largest absolute Gasteiger partial charge is 0.491 e. The zero-order valence-corrected chi connectivity index (χ0v) is 16.2. The molecule has 0 saturated carbocycles. The van der Waals surface area contributed by atoms with E-state index in [1.165, 1.54) is 18.2 Å². The Morgan fingerprint density at radius 1 is 1.23 bits per heavy atom. The molecule has 0 aromatic heterocycles. The molecule has 0 saturated heterocycles. The van der Waals surface area contributed by atoms with Crippen LogP contribution in [0.1, 0.15) is 24.8 Å². The van der Waals surface area contributed by atoms with Crippen molar-refractivity contribution in [3.05, 3.63) is 66.3 Å². The molecule has 2 rings (SSSR count). The van der Waals surface area contributed by atoms with E-state index in [2.05, 4.69) is 0 Å². The van der Waals surface area contributed by atoms with Gasteiger partial charge in [0.05, 0.1) is 11.7 Å². The number of ether oxygens (including phenoxy) is 1. The number of allylic oxidation sites excluding steroid dienone is 3. The van der Waals surface area contributed by atoms with Gasteiger partial charge in [-0.05, 0) is 37.0 Å². The summed E-state index contributed by atoms with van der Waals surface area (Å²) in [6.07, 6.45) is 5.16. The molecule has 1 unspecified atom stereocenters. The summed E-state index contributed by atoms with van der Waals surface area (Å²) < 4.78 is 43.4. The van der Waals surface area contributed by atoms with Crippen LogP contribution in [0.3, 0.4) is 0 Å². The molecule has 1 aliphatic carbocycles. The van der Waals surface area contributed by atoms with E-state index in [1.54, 1.807) is 18.2 Å². The quantitative estimate of drug-likeness (QED) is 0.493. The van der Waals surface area contributed by atoms with Crippen LogP contribution < -0.4 is 4.74 Å².